The molecule has 1 amide bonds. The molecule has 2 unspecified atom stereocenters. The lowest BCUT2D eigenvalue weighted by Gasteiger charge is -2.44. The Balaban J connectivity index is 3.06. The van der Waals surface area contributed by atoms with Crippen LogP contribution in [0.15, 0.2) is 59.5 Å². The van der Waals surface area contributed by atoms with Crippen LogP contribution in [0.25, 0.3) is 0 Å². The van der Waals surface area contributed by atoms with E-state index in [1.807, 2.05) is 5.32 Å². The van der Waals surface area contributed by atoms with Gasteiger partial charge in [-0.05, 0) is 29.0 Å². The molecule has 2 aromatic rings. The number of amides is 1. The number of carboxylic acid groups (broad SMARTS) is 1. The van der Waals surface area contributed by atoms with Gasteiger partial charge in [-0.15, -0.1) is 0 Å². The summed E-state index contributed by atoms with van der Waals surface area (Å²) in [6.45, 7) is -11.7. The highest BCUT2D eigenvalue weighted by Gasteiger charge is 2.50. The molecule has 0 saturated heterocycles. The van der Waals surface area contributed by atoms with Gasteiger partial charge in [-0.2, -0.15) is 4.31 Å². The molecule has 0 aromatic heterocycles. The highest BCUT2D eigenvalue weighted by molar-refractivity contribution is 7.89. The van der Waals surface area contributed by atoms with Gasteiger partial charge in [0.25, 0.3) is 5.69 Å². The Labute approximate surface area is 225 Å². The third kappa shape index (κ3) is 6.67. The summed E-state index contributed by atoms with van der Waals surface area (Å²) in [6, 6.07) is 10.2. The third-order valence-corrected chi connectivity index (χ3v) is 6.98. The van der Waals surface area contributed by atoms with Crippen LogP contribution in [0.3, 0.4) is 0 Å². The third-order valence-electron chi connectivity index (χ3n) is 5.39. The smallest absolute Gasteiger partial charge is 0.405 e. The van der Waals surface area contributed by atoms with E-state index in [2.05, 4.69) is 0 Å². The summed E-state index contributed by atoms with van der Waals surface area (Å²) in [6.07, 6.45) is -2.34. The molecule has 0 aliphatic carbocycles. The molecule has 0 heterocycles. The summed E-state index contributed by atoms with van der Waals surface area (Å²) in [4.78, 5) is 35.8. The van der Waals surface area contributed by atoms with Crippen LogP contribution in [0, 0.1) is 21.4 Å². The van der Waals surface area contributed by atoms with Crippen molar-refractivity contribution in [1.82, 2.24) is 9.62 Å². The van der Waals surface area contributed by atoms with Gasteiger partial charge in [0.15, 0.2) is 5.78 Å². The quantitative estimate of drug-likeness (QED) is 0.329. The van der Waals surface area contributed by atoms with Crippen molar-refractivity contribution in [2.24, 2.45) is 11.3 Å². The van der Waals surface area contributed by atoms with Crippen LogP contribution in [-0.4, -0.2) is 53.2 Å². The van der Waals surface area contributed by atoms with Gasteiger partial charge >= 0.3 is 6.09 Å². The van der Waals surface area contributed by atoms with Crippen molar-refractivity contribution in [1.29, 1.82) is 0 Å². The molecule has 0 aliphatic heterocycles. The Morgan fingerprint density at radius 2 is 1.75 bits per heavy atom. The van der Waals surface area contributed by atoms with Crippen LogP contribution in [-0.2, 0) is 21.2 Å². The molecule has 36 heavy (non-hydrogen) atoms. The first kappa shape index (κ1) is 17.2. The van der Waals surface area contributed by atoms with E-state index in [0.29, 0.717) is 29.8 Å². The Morgan fingerprint density at radius 1 is 1.17 bits per heavy atom. The normalized spacial score (nSPS) is 20.2. The molecule has 196 valence electrons. The van der Waals surface area contributed by atoms with Gasteiger partial charge in [-0.1, -0.05) is 64.8 Å². The van der Waals surface area contributed by atoms with E-state index >= 15 is 0 Å². The number of hydrogen-bond donors (Lipinski definition) is 2. The lowest BCUT2D eigenvalue weighted by Crippen LogP contribution is -2.65. The topological polar surface area (TPSA) is 147 Å². The van der Waals surface area contributed by atoms with Gasteiger partial charge in [-0.3, -0.25) is 14.9 Å². The zero-order valence-electron chi connectivity index (χ0n) is 29.7. The minimum Gasteiger partial charge on any atom is -0.465 e. The molecular weight excluding hydrogens is 486 g/mol. The SMILES string of the molecule is [2H]C(C(=O)C(Cc1ccccc1)(NC(=O)O)C(C)(C)C)N(C([2H])([2H])C([2H])(C([2H])([2H])[2H])C([2H])([2H])[2H])S(=O)(=O)c1ccc([N+](=O)[O-])cc1. The van der Waals surface area contributed by atoms with Crippen molar-refractivity contribution in [2.45, 2.75) is 51.3 Å². The van der Waals surface area contributed by atoms with E-state index in [1.165, 1.54) is 45.0 Å². The summed E-state index contributed by atoms with van der Waals surface area (Å²) >= 11 is 0. The van der Waals surface area contributed by atoms with Crippen molar-refractivity contribution in [2.75, 3.05) is 13.0 Å². The Kier molecular flexibility index (Phi) is 5.34. The molecule has 2 aromatic carbocycles. The zero-order chi connectivity index (χ0) is 35.9. The first-order chi connectivity index (χ1) is 20.6. The summed E-state index contributed by atoms with van der Waals surface area (Å²) < 4.78 is 109. The number of carbonyl (C=O) groups excluding carboxylic acids is 1. The van der Waals surface area contributed by atoms with E-state index in [-0.39, 0.29) is 0 Å². The molecule has 0 saturated carbocycles. The van der Waals surface area contributed by atoms with Gasteiger partial charge < -0.3 is 10.4 Å². The zero-order valence-corrected chi connectivity index (χ0v) is 20.5. The minimum absolute atomic E-state index is 0.305. The van der Waals surface area contributed by atoms with Crippen LogP contribution >= 0.6 is 0 Å². The Morgan fingerprint density at radius 3 is 2.22 bits per heavy atom. The summed E-state index contributed by atoms with van der Waals surface area (Å²) in [5.74, 6) is -5.98. The maximum Gasteiger partial charge on any atom is 0.405 e. The lowest BCUT2D eigenvalue weighted by molar-refractivity contribution is -0.384. The standard InChI is InChI=1S/C25H33N3O7S/c1-18(2)16-27(36(34,35)21-13-11-20(12-14-21)28(32)33)17-22(29)25(24(3,4)5,26-23(30)31)15-19-9-7-6-8-10-19/h6-14,18,26H,15-17H2,1-5H3,(H,30,31)/i1D3,2D3,16D2,17D,18D. The maximum absolute atomic E-state index is 14.5. The highest BCUT2D eigenvalue weighted by atomic mass is 32.2. The van der Waals surface area contributed by atoms with Gasteiger partial charge in [-0.25, -0.2) is 13.2 Å². The number of ketones is 1. The molecule has 0 aliphatic rings. The predicted molar refractivity (Wildman–Crippen MR) is 135 cm³/mol. The number of rotatable bonds is 11. The Hall–Kier alpha value is -3.31. The van der Waals surface area contributed by atoms with E-state index in [1.54, 1.807) is 6.07 Å². The fourth-order valence-corrected chi connectivity index (χ4v) is 4.59. The molecule has 2 atom stereocenters. The molecule has 0 fully saturated rings. The molecular formula is C25H33N3O7S. The lowest BCUT2D eigenvalue weighted by atomic mass is 9.67. The van der Waals surface area contributed by atoms with Crippen LogP contribution < -0.4 is 5.32 Å². The van der Waals surface area contributed by atoms with Crippen molar-refractivity contribution in [3.8, 4) is 0 Å². The molecule has 2 rings (SSSR count). The number of nitrogens with zero attached hydrogens (tertiary/aromatic N) is 2. The number of benzene rings is 2. The van der Waals surface area contributed by atoms with E-state index in [0.717, 1.165) is 0 Å². The fraction of sp³-hybridized carbons (Fsp3) is 0.440. The molecule has 0 spiro atoms. The van der Waals surface area contributed by atoms with Crippen LogP contribution in [0.4, 0.5) is 10.5 Å². The number of sulfonamides is 1. The van der Waals surface area contributed by atoms with Crippen molar-refractivity contribution >= 4 is 27.6 Å². The average Bonchev–Trinajstić information content (AvgIpc) is 2.89. The second-order valence-corrected chi connectivity index (χ2v) is 10.6. The first-order valence-electron chi connectivity index (χ1n) is 15.5. The number of carbonyl (C=O) groups is 2. The van der Waals surface area contributed by atoms with Crippen LogP contribution in [0.2, 0.25) is 0 Å². The van der Waals surface area contributed by atoms with Gasteiger partial charge in [0.1, 0.15) is 5.54 Å². The molecule has 2 N–H and O–H groups in total. The second-order valence-electron chi connectivity index (χ2n) is 8.78. The summed E-state index contributed by atoms with van der Waals surface area (Å²) in [7, 11) is -5.72. The monoisotopic (exact) mass is 529 g/mol. The summed E-state index contributed by atoms with van der Waals surface area (Å²) in [5, 5.41) is 23.0. The van der Waals surface area contributed by atoms with Crippen molar-refractivity contribution < 1.29 is 41.7 Å². The van der Waals surface area contributed by atoms with Gasteiger partial charge in [0.05, 0.1) is 17.7 Å². The minimum atomic E-state index is -5.72. The average molecular weight is 530 g/mol. The van der Waals surface area contributed by atoms with E-state index in [4.69, 9.17) is 13.7 Å². The van der Waals surface area contributed by atoms with Gasteiger partial charge in [0, 0.05) is 37.4 Å². The Bertz CT molecular complexity index is 1550. The van der Waals surface area contributed by atoms with E-state index in [9.17, 15) is 33.2 Å². The number of nitro benzene ring substituents is 1. The van der Waals surface area contributed by atoms with Crippen LogP contribution in [0.5, 0.6) is 0 Å². The number of non-ortho nitro benzene ring substituents is 1. The number of nitrogens with one attached hydrogen (secondary N) is 1. The number of nitro groups is 1. The summed E-state index contributed by atoms with van der Waals surface area (Å²) in [5.41, 5.74) is -4.29. The maximum atomic E-state index is 14.5. The van der Waals surface area contributed by atoms with Crippen LogP contribution in [0.1, 0.15) is 53.7 Å². The molecule has 0 bridgehead atoms. The second kappa shape index (κ2) is 11.2. The fourth-order valence-electron chi connectivity index (χ4n) is 3.44. The first-order valence-corrected chi connectivity index (χ1v) is 11.8. The van der Waals surface area contributed by atoms with E-state index < -0.39 is 91.7 Å². The molecule has 0 radical (unpaired) electrons. The number of Topliss-reactive ketones (excluding diaryl/α,β-unsaturated/α-hetero) is 1. The molecule has 10 nitrogen and oxygen atoms in total. The largest absolute Gasteiger partial charge is 0.465 e. The molecule has 11 heteroatoms. The van der Waals surface area contributed by atoms with Crippen molar-refractivity contribution in [3.63, 3.8) is 0 Å². The van der Waals surface area contributed by atoms with Crippen molar-refractivity contribution in [3.05, 3.63) is 70.3 Å². The highest BCUT2D eigenvalue weighted by Crippen LogP contribution is 2.35. The number of hydrogen-bond acceptors (Lipinski definition) is 6. The predicted octanol–water partition coefficient (Wildman–Crippen LogP) is 4.11. The van der Waals surface area contributed by atoms with Gasteiger partial charge in [0.2, 0.25) is 10.0 Å².